The summed E-state index contributed by atoms with van der Waals surface area (Å²) in [5.41, 5.74) is 4.98. The summed E-state index contributed by atoms with van der Waals surface area (Å²) in [6.07, 6.45) is 5.76. The standard InChI is InChI=1S/C24H22N2O5/c1-17-6-3-7-18(2)24(17)30-16-22(27)26-25-15-19-8-4-9-21(14-19)31-23(28)12-11-20-10-5-13-29-20/h3-15H,16H2,1-2H3,(H,26,27). The van der Waals surface area contributed by atoms with Crippen LogP contribution < -0.4 is 14.9 Å². The molecular formula is C24H22N2O5. The van der Waals surface area contributed by atoms with Crippen LogP contribution in [0.3, 0.4) is 0 Å². The van der Waals surface area contributed by atoms with Gasteiger partial charge in [0.25, 0.3) is 5.91 Å². The predicted molar refractivity (Wildman–Crippen MR) is 117 cm³/mol. The van der Waals surface area contributed by atoms with Crippen molar-refractivity contribution < 1.29 is 23.5 Å². The zero-order valence-electron chi connectivity index (χ0n) is 17.2. The van der Waals surface area contributed by atoms with Crippen molar-refractivity contribution in [3.63, 3.8) is 0 Å². The SMILES string of the molecule is Cc1cccc(C)c1OCC(=O)NN=Cc1cccc(OC(=O)C=Cc2ccco2)c1. The minimum Gasteiger partial charge on any atom is -0.483 e. The van der Waals surface area contributed by atoms with Crippen LogP contribution in [0.25, 0.3) is 6.08 Å². The number of carbonyl (C=O) groups is 2. The molecule has 1 heterocycles. The number of aryl methyl sites for hydroxylation is 2. The molecule has 0 radical (unpaired) electrons. The highest BCUT2D eigenvalue weighted by Crippen LogP contribution is 2.22. The molecule has 1 aromatic heterocycles. The van der Waals surface area contributed by atoms with Crippen LogP contribution in [-0.2, 0) is 9.59 Å². The lowest BCUT2D eigenvalue weighted by molar-refractivity contribution is -0.129. The molecular weight excluding hydrogens is 396 g/mol. The Morgan fingerprint density at radius 1 is 1.06 bits per heavy atom. The van der Waals surface area contributed by atoms with Gasteiger partial charge in [-0.15, -0.1) is 0 Å². The van der Waals surface area contributed by atoms with Crippen LogP contribution in [0.4, 0.5) is 0 Å². The van der Waals surface area contributed by atoms with Gasteiger partial charge in [0.1, 0.15) is 17.3 Å². The first-order valence-corrected chi connectivity index (χ1v) is 9.55. The number of benzene rings is 2. The molecule has 0 aliphatic heterocycles. The number of furan rings is 1. The molecule has 7 nitrogen and oxygen atoms in total. The van der Waals surface area contributed by atoms with Crippen molar-refractivity contribution in [2.24, 2.45) is 5.10 Å². The number of rotatable bonds is 8. The summed E-state index contributed by atoms with van der Waals surface area (Å²) in [6.45, 7) is 3.69. The maximum atomic E-state index is 12.0. The van der Waals surface area contributed by atoms with Crippen molar-refractivity contribution in [3.05, 3.63) is 89.4 Å². The van der Waals surface area contributed by atoms with Gasteiger partial charge in [-0.2, -0.15) is 5.10 Å². The molecule has 0 saturated heterocycles. The number of hydrogen-bond acceptors (Lipinski definition) is 6. The van der Waals surface area contributed by atoms with Crippen molar-refractivity contribution in [2.75, 3.05) is 6.61 Å². The molecule has 0 fully saturated rings. The molecule has 0 bridgehead atoms. The maximum absolute atomic E-state index is 12.0. The van der Waals surface area contributed by atoms with E-state index in [4.69, 9.17) is 13.9 Å². The molecule has 2 aromatic carbocycles. The normalized spacial score (nSPS) is 11.0. The number of ether oxygens (including phenoxy) is 2. The van der Waals surface area contributed by atoms with E-state index in [1.54, 1.807) is 36.4 Å². The summed E-state index contributed by atoms with van der Waals surface area (Å²) in [7, 11) is 0. The fourth-order valence-corrected chi connectivity index (χ4v) is 2.72. The number of hydrogen-bond donors (Lipinski definition) is 1. The molecule has 1 amide bonds. The van der Waals surface area contributed by atoms with Crippen LogP contribution in [0.15, 0.2) is 76.5 Å². The quantitative estimate of drug-likeness (QED) is 0.196. The minimum absolute atomic E-state index is 0.150. The molecule has 0 spiro atoms. The monoisotopic (exact) mass is 418 g/mol. The highest BCUT2D eigenvalue weighted by atomic mass is 16.5. The fraction of sp³-hybridized carbons (Fsp3) is 0.125. The molecule has 3 rings (SSSR count). The third-order valence-corrected chi connectivity index (χ3v) is 4.16. The largest absolute Gasteiger partial charge is 0.483 e. The Hall–Kier alpha value is -4.13. The van der Waals surface area contributed by atoms with Gasteiger partial charge in [-0.05, 0) is 60.9 Å². The van der Waals surface area contributed by atoms with Gasteiger partial charge in [0.05, 0.1) is 12.5 Å². The lowest BCUT2D eigenvalue weighted by atomic mass is 10.1. The van der Waals surface area contributed by atoms with E-state index in [-0.39, 0.29) is 12.5 Å². The van der Waals surface area contributed by atoms with E-state index in [2.05, 4.69) is 10.5 Å². The Kier molecular flexibility index (Phi) is 7.37. The van der Waals surface area contributed by atoms with E-state index in [0.29, 0.717) is 22.8 Å². The molecule has 0 aliphatic rings. The van der Waals surface area contributed by atoms with Gasteiger partial charge in [0, 0.05) is 6.08 Å². The van der Waals surface area contributed by atoms with E-state index in [9.17, 15) is 9.59 Å². The molecule has 3 aromatic rings. The number of nitrogens with one attached hydrogen (secondary N) is 1. The van der Waals surface area contributed by atoms with Crippen LogP contribution >= 0.6 is 0 Å². The lowest BCUT2D eigenvalue weighted by Crippen LogP contribution is -2.25. The van der Waals surface area contributed by atoms with Crippen molar-refractivity contribution >= 4 is 24.2 Å². The second-order valence-corrected chi connectivity index (χ2v) is 6.65. The van der Waals surface area contributed by atoms with Gasteiger partial charge in [-0.1, -0.05) is 30.3 Å². The van der Waals surface area contributed by atoms with E-state index >= 15 is 0 Å². The number of amides is 1. The fourth-order valence-electron chi connectivity index (χ4n) is 2.72. The third kappa shape index (κ3) is 6.71. The third-order valence-electron chi connectivity index (χ3n) is 4.16. The van der Waals surface area contributed by atoms with Gasteiger partial charge in [-0.3, -0.25) is 4.79 Å². The van der Waals surface area contributed by atoms with E-state index in [0.717, 1.165) is 11.1 Å². The highest BCUT2D eigenvalue weighted by molar-refractivity contribution is 5.89. The summed E-state index contributed by atoms with van der Waals surface area (Å²) < 4.78 is 16.0. The van der Waals surface area contributed by atoms with Gasteiger partial charge in [-0.25, -0.2) is 10.2 Å². The first kappa shape index (κ1) is 21.6. The number of nitrogens with zero attached hydrogens (tertiary/aromatic N) is 1. The Bertz CT molecular complexity index is 1080. The van der Waals surface area contributed by atoms with Crippen LogP contribution in [-0.4, -0.2) is 24.7 Å². The predicted octanol–water partition coefficient (Wildman–Crippen LogP) is 4.04. The molecule has 1 N–H and O–H groups in total. The summed E-state index contributed by atoms with van der Waals surface area (Å²) in [4.78, 5) is 23.9. The second-order valence-electron chi connectivity index (χ2n) is 6.65. The molecule has 0 unspecified atom stereocenters. The number of para-hydroxylation sites is 1. The lowest BCUT2D eigenvalue weighted by Gasteiger charge is -2.10. The van der Waals surface area contributed by atoms with Gasteiger partial charge >= 0.3 is 5.97 Å². The van der Waals surface area contributed by atoms with E-state index in [1.165, 1.54) is 24.6 Å². The minimum atomic E-state index is -0.539. The van der Waals surface area contributed by atoms with Crippen molar-refractivity contribution in [3.8, 4) is 11.5 Å². The number of hydrazone groups is 1. The van der Waals surface area contributed by atoms with Crippen LogP contribution in [0.1, 0.15) is 22.5 Å². The van der Waals surface area contributed by atoms with Crippen LogP contribution in [0.2, 0.25) is 0 Å². The van der Waals surface area contributed by atoms with Crippen molar-refractivity contribution in [1.82, 2.24) is 5.43 Å². The van der Waals surface area contributed by atoms with Crippen molar-refractivity contribution in [1.29, 1.82) is 0 Å². The first-order valence-electron chi connectivity index (χ1n) is 9.55. The van der Waals surface area contributed by atoms with Crippen LogP contribution in [0.5, 0.6) is 11.5 Å². The Labute approximate surface area is 180 Å². The first-order chi connectivity index (χ1) is 15.0. The van der Waals surface area contributed by atoms with Crippen LogP contribution in [0, 0.1) is 13.8 Å². The zero-order chi connectivity index (χ0) is 22.1. The molecule has 0 aliphatic carbocycles. The van der Waals surface area contributed by atoms with Crippen molar-refractivity contribution in [2.45, 2.75) is 13.8 Å². The summed E-state index contributed by atoms with van der Waals surface area (Å²) in [5, 5.41) is 3.92. The van der Waals surface area contributed by atoms with E-state index < -0.39 is 5.97 Å². The number of carbonyl (C=O) groups excluding carboxylic acids is 2. The zero-order valence-corrected chi connectivity index (χ0v) is 17.2. The smallest absolute Gasteiger partial charge is 0.336 e. The molecule has 158 valence electrons. The Balaban J connectivity index is 1.49. The second kappa shape index (κ2) is 10.6. The highest BCUT2D eigenvalue weighted by Gasteiger charge is 2.06. The van der Waals surface area contributed by atoms with E-state index in [1.807, 2.05) is 32.0 Å². The van der Waals surface area contributed by atoms with Gasteiger partial charge < -0.3 is 13.9 Å². The maximum Gasteiger partial charge on any atom is 0.336 e. The Morgan fingerprint density at radius 3 is 2.58 bits per heavy atom. The Morgan fingerprint density at radius 2 is 1.84 bits per heavy atom. The number of esters is 1. The summed E-state index contributed by atoms with van der Waals surface area (Å²) in [6, 6.07) is 16.0. The summed E-state index contributed by atoms with van der Waals surface area (Å²) in [5.74, 6) is 0.669. The average Bonchev–Trinajstić information content (AvgIpc) is 3.26. The topological polar surface area (TPSA) is 90.1 Å². The van der Waals surface area contributed by atoms with Gasteiger partial charge in [0.15, 0.2) is 6.61 Å². The molecule has 0 atom stereocenters. The molecule has 31 heavy (non-hydrogen) atoms. The van der Waals surface area contributed by atoms with Gasteiger partial charge in [0.2, 0.25) is 0 Å². The summed E-state index contributed by atoms with van der Waals surface area (Å²) >= 11 is 0. The molecule has 0 saturated carbocycles. The molecule has 7 heteroatoms. The average molecular weight is 418 g/mol.